The Balaban J connectivity index is 1.83. The molecule has 29 heavy (non-hydrogen) atoms. The minimum Gasteiger partial charge on any atom is -0.354 e. The molecule has 0 aliphatic carbocycles. The van der Waals surface area contributed by atoms with Crippen LogP contribution in [0.5, 0.6) is 0 Å². The molecule has 3 heterocycles. The van der Waals surface area contributed by atoms with Gasteiger partial charge in [-0.1, -0.05) is 19.1 Å². The molecule has 0 aliphatic heterocycles. The molecule has 1 amide bonds. The number of carbonyl (C=O) groups is 1. The maximum absolute atomic E-state index is 14.2. The van der Waals surface area contributed by atoms with Gasteiger partial charge in [-0.25, -0.2) is 14.4 Å². The van der Waals surface area contributed by atoms with Gasteiger partial charge in [0.05, 0.1) is 17.3 Å². The van der Waals surface area contributed by atoms with E-state index in [4.69, 9.17) is 0 Å². The topological polar surface area (TPSA) is 97.1 Å². The lowest BCUT2D eigenvalue weighted by Gasteiger charge is -2.15. The molecular weight excluding hydrogens is 373 g/mol. The molecule has 8 nitrogen and oxygen atoms in total. The van der Waals surface area contributed by atoms with E-state index in [9.17, 15) is 9.18 Å². The van der Waals surface area contributed by atoms with Crippen molar-refractivity contribution in [3.8, 4) is 11.4 Å². The Bertz CT molecular complexity index is 1190. The van der Waals surface area contributed by atoms with Crippen LogP contribution in [-0.2, 0) is 4.79 Å². The number of nitrogens with one attached hydrogen (secondary N) is 2. The van der Waals surface area contributed by atoms with Gasteiger partial charge in [-0.3, -0.25) is 9.78 Å². The molecule has 0 bridgehead atoms. The molecule has 0 fully saturated rings. The fourth-order valence-electron chi connectivity index (χ4n) is 2.98. The molecule has 0 radical (unpaired) electrons. The molecule has 1 aromatic carbocycles. The van der Waals surface area contributed by atoms with Crippen LogP contribution in [-0.4, -0.2) is 43.1 Å². The molecule has 4 aromatic rings. The van der Waals surface area contributed by atoms with E-state index in [2.05, 4.69) is 30.7 Å². The summed E-state index contributed by atoms with van der Waals surface area (Å²) in [5, 5.41) is 11.2. The van der Waals surface area contributed by atoms with Crippen LogP contribution in [0.15, 0.2) is 42.7 Å². The number of anilines is 1. The molecule has 0 spiro atoms. The summed E-state index contributed by atoms with van der Waals surface area (Å²) in [5.41, 5.74) is 1.45. The van der Waals surface area contributed by atoms with Crippen molar-refractivity contribution in [2.45, 2.75) is 26.3 Å². The number of fused-ring (bicyclic) bond motifs is 3. The van der Waals surface area contributed by atoms with Gasteiger partial charge in [0, 0.05) is 18.1 Å². The molecule has 9 heteroatoms. The summed E-state index contributed by atoms with van der Waals surface area (Å²) in [4.78, 5) is 25.2. The zero-order valence-electron chi connectivity index (χ0n) is 16.1. The van der Waals surface area contributed by atoms with E-state index in [0.29, 0.717) is 23.7 Å². The molecule has 148 valence electrons. The number of pyridine rings is 1. The van der Waals surface area contributed by atoms with Gasteiger partial charge in [0.1, 0.15) is 6.04 Å². The molecule has 0 saturated carbocycles. The van der Waals surface area contributed by atoms with E-state index < -0.39 is 11.9 Å². The highest BCUT2D eigenvalue weighted by molar-refractivity contribution is 5.93. The van der Waals surface area contributed by atoms with Crippen molar-refractivity contribution < 1.29 is 9.18 Å². The summed E-state index contributed by atoms with van der Waals surface area (Å²) in [6, 6.07) is 8.45. The smallest absolute Gasteiger partial charge is 0.242 e. The van der Waals surface area contributed by atoms with Crippen LogP contribution in [0, 0.1) is 5.82 Å². The molecule has 2 N–H and O–H groups in total. The predicted octanol–water partition coefficient (Wildman–Crippen LogP) is 2.81. The maximum atomic E-state index is 14.2. The maximum Gasteiger partial charge on any atom is 0.242 e. The molecular formula is C20H20FN7O. The first-order valence-corrected chi connectivity index (χ1v) is 9.38. The second-order valence-corrected chi connectivity index (χ2v) is 6.64. The van der Waals surface area contributed by atoms with Crippen molar-refractivity contribution in [3.05, 3.63) is 48.5 Å². The standard InChI is InChI=1S/C20H20FN7O/c1-3-9-23-19(29)12(2)24-20-25-16-7-5-4-6-14(16)18-26-17(27-28(18)20)13-8-10-22-11-15(13)21/h4-8,10-12H,3,9H2,1-2H3,(H,23,29)(H,24,25)/t12-/m1/s1. The summed E-state index contributed by atoms with van der Waals surface area (Å²) < 4.78 is 15.7. The zero-order chi connectivity index (χ0) is 20.4. The van der Waals surface area contributed by atoms with Crippen LogP contribution in [0.2, 0.25) is 0 Å². The third kappa shape index (κ3) is 3.58. The highest BCUT2D eigenvalue weighted by Gasteiger charge is 2.19. The minimum absolute atomic E-state index is 0.143. The highest BCUT2D eigenvalue weighted by Crippen LogP contribution is 2.25. The monoisotopic (exact) mass is 393 g/mol. The van der Waals surface area contributed by atoms with Gasteiger partial charge in [-0.2, -0.15) is 4.52 Å². The average molecular weight is 393 g/mol. The lowest BCUT2D eigenvalue weighted by molar-refractivity contribution is -0.121. The largest absolute Gasteiger partial charge is 0.354 e. The zero-order valence-corrected chi connectivity index (χ0v) is 16.1. The van der Waals surface area contributed by atoms with Crippen LogP contribution < -0.4 is 10.6 Å². The fraction of sp³-hybridized carbons (Fsp3) is 0.250. The normalized spacial score (nSPS) is 12.2. The molecule has 0 unspecified atom stereocenters. The number of hydrogen-bond donors (Lipinski definition) is 2. The molecule has 0 saturated heterocycles. The van der Waals surface area contributed by atoms with E-state index in [0.717, 1.165) is 18.0 Å². The Morgan fingerprint density at radius 2 is 2.07 bits per heavy atom. The number of benzene rings is 1. The van der Waals surface area contributed by atoms with Gasteiger partial charge >= 0.3 is 0 Å². The summed E-state index contributed by atoms with van der Waals surface area (Å²) >= 11 is 0. The number of aromatic nitrogens is 5. The van der Waals surface area contributed by atoms with Crippen molar-refractivity contribution in [1.29, 1.82) is 0 Å². The van der Waals surface area contributed by atoms with Crippen molar-refractivity contribution in [2.75, 3.05) is 11.9 Å². The third-order valence-corrected chi connectivity index (χ3v) is 4.48. The minimum atomic E-state index is -0.538. The fourth-order valence-corrected chi connectivity index (χ4v) is 2.98. The number of carbonyl (C=O) groups excluding carboxylic acids is 1. The second kappa shape index (κ2) is 7.78. The molecule has 0 aliphatic rings. The summed E-state index contributed by atoms with van der Waals surface area (Å²) in [6.07, 6.45) is 3.46. The number of halogens is 1. The number of para-hydroxylation sites is 1. The number of nitrogens with zero attached hydrogens (tertiary/aromatic N) is 5. The van der Waals surface area contributed by atoms with Crippen LogP contribution in [0.25, 0.3) is 27.9 Å². The van der Waals surface area contributed by atoms with E-state index in [1.54, 1.807) is 6.92 Å². The summed E-state index contributed by atoms with van der Waals surface area (Å²) in [6.45, 7) is 4.33. The molecule has 4 rings (SSSR count). The Morgan fingerprint density at radius 1 is 1.24 bits per heavy atom. The number of hydrogen-bond acceptors (Lipinski definition) is 6. The quantitative estimate of drug-likeness (QED) is 0.523. The third-order valence-electron chi connectivity index (χ3n) is 4.48. The second-order valence-electron chi connectivity index (χ2n) is 6.64. The lowest BCUT2D eigenvalue weighted by Crippen LogP contribution is -2.38. The number of amides is 1. The van der Waals surface area contributed by atoms with Gasteiger partial charge in [-0.05, 0) is 31.5 Å². The number of rotatable bonds is 6. The van der Waals surface area contributed by atoms with Crippen molar-refractivity contribution in [3.63, 3.8) is 0 Å². The van der Waals surface area contributed by atoms with E-state index in [1.165, 1.54) is 16.8 Å². The van der Waals surface area contributed by atoms with Gasteiger partial charge < -0.3 is 10.6 Å². The first-order valence-electron chi connectivity index (χ1n) is 9.38. The summed E-state index contributed by atoms with van der Waals surface area (Å²) in [5.74, 6) is -0.0850. The summed E-state index contributed by atoms with van der Waals surface area (Å²) in [7, 11) is 0. The molecule has 1 atom stereocenters. The Kier molecular flexibility index (Phi) is 5.03. The highest BCUT2D eigenvalue weighted by atomic mass is 19.1. The van der Waals surface area contributed by atoms with Crippen molar-refractivity contribution in [2.24, 2.45) is 0 Å². The SMILES string of the molecule is CCCNC(=O)[C@@H](C)Nc1nc2ccccc2c2nc(-c3ccncc3F)nn12. The van der Waals surface area contributed by atoms with Crippen LogP contribution in [0.1, 0.15) is 20.3 Å². The van der Waals surface area contributed by atoms with E-state index in [-0.39, 0.29) is 17.3 Å². The van der Waals surface area contributed by atoms with Gasteiger partial charge in [0.15, 0.2) is 17.3 Å². The molecule has 3 aromatic heterocycles. The van der Waals surface area contributed by atoms with Crippen molar-refractivity contribution in [1.82, 2.24) is 29.9 Å². The van der Waals surface area contributed by atoms with Crippen LogP contribution >= 0.6 is 0 Å². The van der Waals surface area contributed by atoms with Gasteiger partial charge in [0.2, 0.25) is 11.9 Å². The lowest BCUT2D eigenvalue weighted by atomic mass is 10.2. The predicted molar refractivity (Wildman–Crippen MR) is 108 cm³/mol. The first kappa shape index (κ1) is 18.7. The van der Waals surface area contributed by atoms with Crippen molar-refractivity contribution >= 4 is 28.4 Å². The van der Waals surface area contributed by atoms with E-state index in [1.807, 2.05) is 31.2 Å². The van der Waals surface area contributed by atoms with Gasteiger partial charge in [0.25, 0.3) is 0 Å². The average Bonchev–Trinajstić information content (AvgIpc) is 3.18. The van der Waals surface area contributed by atoms with Crippen LogP contribution in [0.4, 0.5) is 10.3 Å². The first-order chi connectivity index (χ1) is 14.1. The Labute approximate surface area is 166 Å². The van der Waals surface area contributed by atoms with Gasteiger partial charge in [-0.15, -0.1) is 5.10 Å². The van der Waals surface area contributed by atoms with Crippen LogP contribution in [0.3, 0.4) is 0 Å². The Morgan fingerprint density at radius 3 is 2.86 bits per heavy atom. The Hall–Kier alpha value is -3.62. The van der Waals surface area contributed by atoms with E-state index >= 15 is 0 Å².